The summed E-state index contributed by atoms with van der Waals surface area (Å²) in [6, 6.07) is 40.8. The lowest BCUT2D eigenvalue weighted by molar-refractivity contribution is 0.346. The molecule has 0 unspecified atom stereocenters. The van der Waals surface area contributed by atoms with Gasteiger partial charge in [0.05, 0.1) is 11.4 Å². The van der Waals surface area contributed by atoms with Gasteiger partial charge in [-0.25, -0.2) is 9.97 Å². The van der Waals surface area contributed by atoms with E-state index in [4.69, 9.17) is 9.97 Å². The van der Waals surface area contributed by atoms with Crippen molar-refractivity contribution in [3.63, 3.8) is 0 Å². The van der Waals surface area contributed by atoms with E-state index in [2.05, 4.69) is 123 Å². The molecule has 1 aliphatic carbocycles. The van der Waals surface area contributed by atoms with Gasteiger partial charge in [-0.15, -0.1) is 0 Å². The van der Waals surface area contributed by atoms with Crippen molar-refractivity contribution in [1.82, 2.24) is 9.97 Å². The average Bonchev–Trinajstić information content (AvgIpc) is 3.16. The van der Waals surface area contributed by atoms with E-state index < -0.39 is 0 Å². The van der Waals surface area contributed by atoms with E-state index in [1.165, 1.54) is 41.5 Å². The molecule has 0 radical (unpaired) electrons. The minimum absolute atomic E-state index is 0.0152. The van der Waals surface area contributed by atoms with Crippen LogP contribution in [0.5, 0.6) is 0 Å². The smallest absolute Gasteiger partial charge is 0.160 e. The number of aromatic nitrogens is 2. The normalized spacial score (nSPS) is 14.6. The molecule has 0 amide bonds. The molecular formula is C46H42N2. The van der Waals surface area contributed by atoms with Crippen molar-refractivity contribution in [2.45, 2.75) is 37.5 Å². The summed E-state index contributed by atoms with van der Waals surface area (Å²) < 4.78 is 0. The number of benzene rings is 4. The monoisotopic (exact) mass is 622 g/mol. The highest BCUT2D eigenvalue weighted by atomic mass is 14.9. The molecule has 1 aliphatic rings. The zero-order valence-electron chi connectivity index (χ0n) is 27.6. The standard InChI is InChI=1S/C46H42N2/c1-4-6-17-35(3)43-34-44(39-20-12-8-13-21-39)48-45(47-43)40-26-30-42(31-27-40)46(32-14-9-15-33-46)41-28-23-36(24-29-41)22-25-37(16-5-2)38-18-10-7-11-19-38/h4-8,10-13,16-31,34H,1-3,9,14-15,32-33H2/b17-6-,25-22+,37-16+. The Morgan fingerprint density at radius 2 is 1.29 bits per heavy atom. The highest BCUT2D eigenvalue weighted by Crippen LogP contribution is 2.45. The van der Waals surface area contributed by atoms with Crippen LogP contribution in [0, 0.1) is 0 Å². The van der Waals surface area contributed by atoms with Crippen molar-refractivity contribution in [3.05, 3.63) is 199 Å². The third kappa shape index (κ3) is 7.35. The van der Waals surface area contributed by atoms with E-state index in [9.17, 15) is 0 Å². The van der Waals surface area contributed by atoms with Crippen LogP contribution in [0.25, 0.3) is 39.9 Å². The van der Waals surface area contributed by atoms with Gasteiger partial charge in [-0.1, -0.05) is 191 Å². The molecule has 5 aromatic rings. The second kappa shape index (κ2) is 15.3. The Hall–Kier alpha value is -5.60. The Balaban J connectivity index is 1.31. The second-order valence-electron chi connectivity index (χ2n) is 12.3. The molecule has 48 heavy (non-hydrogen) atoms. The van der Waals surface area contributed by atoms with Crippen LogP contribution in [-0.4, -0.2) is 9.97 Å². The third-order valence-corrected chi connectivity index (χ3v) is 9.28. The Labute approximate surface area is 286 Å². The predicted molar refractivity (Wildman–Crippen MR) is 205 cm³/mol. The second-order valence-corrected chi connectivity index (χ2v) is 12.3. The number of allylic oxidation sites excluding steroid dienone is 8. The van der Waals surface area contributed by atoms with E-state index in [0.29, 0.717) is 5.82 Å². The van der Waals surface area contributed by atoms with Crippen LogP contribution >= 0.6 is 0 Å². The largest absolute Gasteiger partial charge is 0.228 e. The van der Waals surface area contributed by atoms with E-state index in [1.807, 2.05) is 48.6 Å². The van der Waals surface area contributed by atoms with Crippen LogP contribution < -0.4 is 0 Å². The first-order valence-corrected chi connectivity index (χ1v) is 16.8. The molecule has 2 heteroatoms. The van der Waals surface area contributed by atoms with E-state index in [-0.39, 0.29) is 5.41 Å². The van der Waals surface area contributed by atoms with Crippen LogP contribution in [-0.2, 0) is 5.41 Å². The Morgan fingerprint density at radius 1 is 0.646 bits per heavy atom. The van der Waals surface area contributed by atoms with Crippen LogP contribution in [0.1, 0.15) is 60.1 Å². The van der Waals surface area contributed by atoms with Gasteiger partial charge in [0, 0.05) is 16.5 Å². The number of nitrogens with zero attached hydrogens (tertiary/aromatic N) is 2. The molecule has 0 aliphatic heterocycles. The molecule has 0 N–H and O–H groups in total. The van der Waals surface area contributed by atoms with Crippen molar-refractivity contribution in [2.24, 2.45) is 0 Å². The van der Waals surface area contributed by atoms with E-state index in [0.717, 1.165) is 46.5 Å². The average molecular weight is 623 g/mol. The summed E-state index contributed by atoms with van der Waals surface area (Å²) in [6.07, 6.45) is 19.8. The summed E-state index contributed by atoms with van der Waals surface area (Å²) in [5.41, 5.74) is 10.8. The summed E-state index contributed by atoms with van der Waals surface area (Å²) in [5, 5.41) is 0. The van der Waals surface area contributed by atoms with Crippen LogP contribution in [0.3, 0.4) is 0 Å². The van der Waals surface area contributed by atoms with Crippen molar-refractivity contribution < 1.29 is 0 Å². The molecule has 6 rings (SSSR count). The van der Waals surface area contributed by atoms with Gasteiger partial charge in [0.1, 0.15) is 0 Å². The van der Waals surface area contributed by atoms with Gasteiger partial charge in [0.2, 0.25) is 0 Å². The maximum Gasteiger partial charge on any atom is 0.160 e. The van der Waals surface area contributed by atoms with Crippen molar-refractivity contribution >= 4 is 17.2 Å². The topological polar surface area (TPSA) is 25.8 Å². The lowest BCUT2D eigenvalue weighted by atomic mass is 9.65. The molecule has 0 bridgehead atoms. The maximum absolute atomic E-state index is 5.01. The summed E-state index contributed by atoms with van der Waals surface area (Å²) in [6.45, 7) is 12.0. The van der Waals surface area contributed by atoms with E-state index >= 15 is 0 Å². The van der Waals surface area contributed by atoms with Gasteiger partial charge in [0.15, 0.2) is 5.82 Å². The maximum atomic E-state index is 5.01. The molecule has 1 fully saturated rings. The van der Waals surface area contributed by atoms with Crippen molar-refractivity contribution in [2.75, 3.05) is 0 Å². The molecule has 4 aromatic carbocycles. The molecule has 0 atom stereocenters. The SMILES string of the molecule is C=C/C=C\C(=C)c1cc(-c2ccccc2)nc(-c2ccc(C3(c4ccc(/C=C/C(=C\C=C)c5ccccc5)cc4)CCCCC3)cc2)n1. The number of hydrogen-bond acceptors (Lipinski definition) is 2. The number of hydrogen-bond donors (Lipinski definition) is 0. The first kappa shape index (κ1) is 32.3. The summed E-state index contributed by atoms with van der Waals surface area (Å²) in [5.74, 6) is 0.695. The molecule has 1 heterocycles. The van der Waals surface area contributed by atoms with Crippen LogP contribution in [0.15, 0.2) is 171 Å². The molecule has 236 valence electrons. The molecule has 0 spiro atoms. The lowest BCUT2D eigenvalue weighted by Crippen LogP contribution is -2.30. The lowest BCUT2D eigenvalue weighted by Gasteiger charge is -2.39. The van der Waals surface area contributed by atoms with Gasteiger partial charge in [-0.3, -0.25) is 0 Å². The zero-order valence-corrected chi connectivity index (χ0v) is 27.6. The minimum atomic E-state index is -0.0152. The van der Waals surface area contributed by atoms with Gasteiger partial charge in [-0.05, 0) is 52.3 Å². The van der Waals surface area contributed by atoms with Gasteiger partial charge >= 0.3 is 0 Å². The molecule has 0 saturated heterocycles. The van der Waals surface area contributed by atoms with Gasteiger partial charge in [-0.2, -0.15) is 0 Å². The minimum Gasteiger partial charge on any atom is -0.228 e. The summed E-state index contributed by atoms with van der Waals surface area (Å²) in [7, 11) is 0. The van der Waals surface area contributed by atoms with Gasteiger partial charge in [0.25, 0.3) is 0 Å². The van der Waals surface area contributed by atoms with Gasteiger partial charge < -0.3 is 0 Å². The third-order valence-electron chi connectivity index (χ3n) is 9.28. The Kier molecular flexibility index (Phi) is 10.3. The Morgan fingerprint density at radius 3 is 1.94 bits per heavy atom. The fourth-order valence-electron chi connectivity index (χ4n) is 6.71. The molecule has 1 saturated carbocycles. The van der Waals surface area contributed by atoms with E-state index in [1.54, 1.807) is 6.08 Å². The Bertz CT molecular complexity index is 1950. The quantitative estimate of drug-likeness (QED) is 0.137. The highest BCUT2D eigenvalue weighted by molar-refractivity contribution is 5.80. The van der Waals surface area contributed by atoms with Crippen molar-refractivity contribution in [3.8, 4) is 22.6 Å². The predicted octanol–water partition coefficient (Wildman–Crippen LogP) is 12.1. The fraction of sp³-hybridized carbons (Fsp3) is 0.130. The molecular weight excluding hydrogens is 581 g/mol. The first-order valence-electron chi connectivity index (χ1n) is 16.8. The highest BCUT2D eigenvalue weighted by Gasteiger charge is 2.35. The summed E-state index contributed by atoms with van der Waals surface area (Å²) >= 11 is 0. The number of rotatable bonds is 11. The molecule has 1 aromatic heterocycles. The van der Waals surface area contributed by atoms with Crippen LogP contribution in [0.2, 0.25) is 0 Å². The summed E-state index contributed by atoms with van der Waals surface area (Å²) in [4.78, 5) is 9.97. The van der Waals surface area contributed by atoms with Crippen molar-refractivity contribution in [1.29, 1.82) is 0 Å². The zero-order chi connectivity index (χ0) is 33.2. The first-order chi connectivity index (χ1) is 23.6. The molecule has 2 nitrogen and oxygen atoms in total. The van der Waals surface area contributed by atoms with Crippen LogP contribution in [0.4, 0.5) is 0 Å². The fourth-order valence-corrected chi connectivity index (χ4v) is 6.71.